The van der Waals surface area contributed by atoms with E-state index in [0.717, 1.165) is 39.0 Å². The Kier molecular flexibility index (Phi) is 6.37. The van der Waals surface area contributed by atoms with Crippen molar-refractivity contribution in [3.8, 4) is 11.1 Å². The van der Waals surface area contributed by atoms with Gasteiger partial charge in [-0.2, -0.15) is 0 Å². The molecule has 0 radical (unpaired) electrons. The van der Waals surface area contributed by atoms with Gasteiger partial charge >= 0.3 is 0 Å². The van der Waals surface area contributed by atoms with Gasteiger partial charge in [0.05, 0.1) is 21.2 Å². The third kappa shape index (κ3) is 4.06. The molecule has 0 fully saturated rings. The molecular formula is C49H31NOS. The number of fused-ring (bicyclic) bond motifs is 10. The van der Waals surface area contributed by atoms with Crippen LogP contribution in [-0.4, -0.2) is 0 Å². The minimum absolute atomic E-state index is 0.451. The van der Waals surface area contributed by atoms with E-state index < -0.39 is 5.41 Å². The number of nitrogens with zero attached hydrogens (tertiary/aromatic N) is 1. The van der Waals surface area contributed by atoms with E-state index in [0.29, 0.717) is 0 Å². The second kappa shape index (κ2) is 11.3. The van der Waals surface area contributed by atoms with Gasteiger partial charge in [-0.15, -0.1) is 11.3 Å². The third-order valence-corrected chi connectivity index (χ3v) is 12.1. The van der Waals surface area contributed by atoms with Gasteiger partial charge in [0.15, 0.2) is 5.58 Å². The molecule has 8 aromatic carbocycles. The van der Waals surface area contributed by atoms with Crippen molar-refractivity contribution in [1.82, 2.24) is 0 Å². The SMILES string of the molecule is c1ccc(N(c2ccc(C3(c4ccccc4)c4ccccc4-c4ccccc43)cc2)c2cc3c4ccccc4sc3c3oc4ccccc4c23)cc1. The van der Waals surface area contributed by atoms with Crippen molar-refractivity contribution in [2.45, 2.75) is 5.41 Å². The number of rotatable bonds is 5. The van der Waals surface area contributed by atoms with E-state index >= 15 is 0 Å². The molecule has 0 amide bonds. The van der Waals surface area contributed by atoms with E-state index in [2.05, 4.69) is 193 Å². The maximum atomic E-state index is 6.76. The monoisotopic (exact) mass is 681 g/mol. The summed E-state index contributed by atoms with van der Waals surface area (Å²) in [4.78, 5) is 2.41. The van der Waals surface area contributed by atoms with Crippen molar-refractivity contribution < 1.29 is 4.42 Å². The highest BCUT2D eigenvalue weighted by Crippen LogP contribution is 2.56. The van der Waals surface area contributed by atoms with Crippen molar-refractivity contribution in [1.29, 1.82) is 0 Å². The van der Waals surface area contributed by atoms with E-state index in [1.165, 1.54) is 53.6 Å². The van der Waals surface area contributed by atoms with Crippen LogP contribution in [0.2, 0.25) is 0 Å². The van der Waals surface area contributed by atoms with Gasteiger partial charge in [0, 0.05) is 32.2 Å². The van der Waals surface area contributed by atoms with Crippen LogP contribution in [0.15, 0.2) is 192 Å². The first-order valence-corrected chi connectivity index (χ1v) is 18.6. The fourth-order valence-electron chi connectivity index (χ4n) is 8.80. The molecule has 1 aliphatic rings. The Morgan fingerprint density at radius 2 is 1.02 bits per heavy atom. The molecule has 0 saturated heterocycles. The zero-order valence-electron chi connectivity index (χ0n) is 28.2. The minimum atomic E-state index is -0.451. The van der Waals surface area contributed by atoms with Crippen LogP contribution in [-0.2, 0) is 5.41 Å². The lowest BCUT2D eigenvalue weighted by molar-refractivity contribution is 0.673. The Balaban J connectivity index is 1.19. The summed E-state index contributed by atoms with van der Waals surface area (Å²) in [5, 5.41) is 4.70. The van der Waals surface area contributed by atoms with Crippen molar-refractivity contribution in [2.75, 3.05) is 4.90 Å². The number of hydrogen-bond donors (Lipinski definition) is 0. The molecule has 0 unspecified atom stereocenters. The molecule has 0 spiro atoms. The average molecular weight is 682 g/mol. The highest BCUT2D eigenvalue weighted by Gasteiger charge is 2.45. The number of para-hydroxylation sites is 2. The van der Waals surface area contributed by atoms with Crippen LogP contribution >= 0.6 is 11.3 Å². The van der Waals surface area contributed by atoms with Crippen LogP contribution in [0, 0.1) is 0 Å². The summed E-state index contributed by atoms with van der Waals surface area (Å²) in [5.41, 5.74) is 12.4. The summed E-state index contributed by atoms with van der Waals surface area (Å²) in [6.07, 6.45) is 0. The smallest absolute Gasteiger partial charge is 0.155 e. The van der Waals surface area contributed by atoms with Gasteiger partial charge in [-0.05, 0) is 75.8 Å². The number of thiophene rings is 1. The lowest BCUT2D eigenvalue weighted by Crippen LogP contribution is -2.28. The first-order chi connectivity index (χ1) is 25.8. The van der Waals surface area contributed by atoms with Crippen molar-refractivity contribution >= 4 is 70.5 Å². The normalized spacial score (nSPS) is 13.2. The molecule has 0 atom stereocenters. The molecule has 2 heterocycles. The predicted octanol–water partition coefficient (Wildman–Crippen LogP) is 13.8. The number of hydrogen-bond acceptors (Lipinski definition) is 3. The molecule has 10 aromatic rings. The van der Waals surface area contributed by atoms with Crippen molar-refractivity contribution in [2.24, 2.45) is 0 Å². The van der Waals surface area contributed by atoms with Gasteiger partial charge in [0.1, 0.15) is 5.58 Å². The van der Waals surface area contributed by atoms with Gasteiger partial charge < -0.3 is 9.32 Å². The molecule has 2 nitrogen and oxygen atoms in total. The van der Waals surface area contributed by atoms with Gasteiger partial charge in [0.25, 0.3) is 0 Å². The zero-order chi connectivity index (χ0) is 34.2. The molecule has 244 valence electrons. The second-order valence-electron chi connectivity index (χ2n) is 13.6. The molecule has 52 heavy (non-hydrogen) atoms. The quantitative estimate of drug-likeness (QED) is 0.180. The van der Waals surface area contributed by atoms with Crippen LogP contribution in [0.25, 0.3) is 53.2 Å². The van der Waals surface area contributed by atoms with Crippen molar-refractivity contribution in [3.05, 3.63) is 210 Å². The second-order valence-corrected chi connectivity index (χ2v) is 14.7. The molecule has 0 bridgehead atoms. The molecule has 3 heteroatoms. The fraction of sp³-hybridized carbons (Fsp3) is 0.0204. The zero-order valence-corrected chi connectivity index (χ0v) is 29.0. The van der Waals surface area contributed by atoms with Gasteiger partial charge in [-0.3, -0.25) is 0 Å². The largest absolute Gasteiger partial charge is 0.454 e. The number of furan rings is 1. The van der Waals surface area contributed by atoms with E-state index in [9.17, 15) is 0 Å². The Morgan fingerprint density at radius 3 is 1.75 bits per heavy atom. The summed E-state index contributed by atoms with van der Waals surface area (Å²) < 4.78 is 9.20. The highest BCUT2D eigenvalue weighted by molar-refractivity contribution is 7.26. The number of anilines is 3. The lowest BCUT2D eigenvalue weighted by atomic mass is 9.68. The molecule has 0 N–H and O–H groups in total. The van der Waals surface area contributed by atoms with E-state index in [-0.39, 0.29) is 0 Å². The Morgan fingerprint density at radius 1 is 0.462 bits per heavy atom. The van der Waals surface area contributed by atoms with Crippen LogP contribution < -0.4 is 4.90 Å². The third-order valence-electron chi connectivity index (χ3n) is 10.9. The Hall–Kier alpha value is -6.42. The van der Waals surface area contributed by atoms with Gasteiger partial charge in [0.2, 0.25) is 0 Å². The summed E-state index contributed by atoms with van der Waals surface area (Å²) in [6, 6.07) is 68.4. The van der Waals surface area contributed by atoms with Crippen LogP contribution in [0.3, 0.4) is 0 Å². The summed E-state index contributed by atoms with van der Waals surface area (Å²) in [7, 11) is 0. The maximum Gasteiger partial charge on any atom is 0.155 e. The first kappa shape index (κ1) is 29.3. The molecule has 2 aromatic heterocycles. The predicted molar refractivity (Wildman–Crippen MR) is 219 cm³/mol. The van der Waals surface area contributed by atoms with Crippen LogP contribution in [0.1, 0.15) is 22.3 Å². The first-order valence-electron chi connectivity index (χ1n) is 17.8. The molecule has 1 aliphatic carbocycles. The lowest BCUT2D eigenvalue weighted by Gasteiger charge is -2.34. The Bertz CT molecular complexity index is 2910. The van der Waals surface area contributed by atoms with Crippen LogP contribution in [0.5, 0.6) is 0 Å². The standard InChI is InChI=1S/C49H31NOS/c1-3-15-32(16-4-1)49(41-23-11-7-19-36(41)37-20-8-12-24-42(37)49)33-27-29-35(30-28-33)50(34-17-5-2-6-18-34)43-31-40-38-21-10-14-26-45(38)52-48(40)47-46(43)39-22-9-13-25-44(39)51-47/h1-31H. The van der Waals surface area contributed by atoms with Crippen LogP contribution in [0.4, 0.5) is 17.1 Å². The summed E-state index contributed by atoms with van der Waals surface area (Å²) in [5.74, 6) is 0. The molecule has 0 aliphatic heterocycles. The van der Waals surface area contributed by atoms with E-state index in [4.69, 9.17) is 4.42 Å². The molecule has 11 rings (SSSR count). The fourth-order valence-corrected chi connectivity index (χ4v) is 9.97. The average Bonchev–Trinajstić information content (AvgIpc) is 3.88. The molecule has 0 saturated carbocycles. The highest BCUT2D eigenvalue weighted by atomic mass is 32.1. The van der Waals surface area contributed by atoms with Gasteiger partial charge in [-0.1, -0.05) is 146 Å². The topological polar surface area (TPSA) is 16.4 Å². The number of benzene rings is 8. The summed E-state index contributed by atoms with van der Waals surface area (Å²) >= 11 is 1.81. The maximum absolute atomic E-state index is 6.76. The van der Waals surface area contributed by atoms with E-state index in [1.807, 2.05) is 11.3 Å². The summed E-state index contributed by atoms with van der Waals surface area (Å²) in [6.45, 7) is 0. The van der Waals surface area contributed by atoms with Gasteiger partial charge in [-0.25, -0.2) is 0 Å². The van der Waals surface area contributed by atoms with E-state index in [1.54, 1.807) is 0 Å². The minimum Gasteiger partial charge on any atom is -0.454 e. The van der Waals surface area contributed by atoms with Crippen molar-refractivity contribution in [3.63, 3.8) is 0 Å². The molecular weight excluding hydrogens is 651 g/mol. The Labute approximate surface area is 305 Å².